The molecule has 1 rings (SSSR count). The predicted octanol–water partition coefficient (Wildman–Crippen LogP) is 1.80. The lowest BCUT2D eigenvalue weighted by Gasteiger charge is -2.15. The molecule has 0 saturated heterocycles. The van der Waals surface area contributed by atoms with E-state index in [0.29, 0.717) is 5.69 Å². The van der Waals surface area contributed by atoms with E-state index in [4.69, 9.17) is 5.11 Å². The number of carboxylic acids is 1. The van der Waals surface area contributed by atoms with Gasteiger partial charge in [0, 0.05) is 12.7 Å². The molecule has 2 N–H and O–H groups in total. The Balaban J connectivity index is 2.58. The molecule has 0 atom stereocenters. The van der Waals surface area contributed by atoms with Gasteiger partial charge in [0.1, 0.15) is 6.54 Å². The zero-order valence-electron chi connectivity index (χ0n) is 9.93. The van der Waals surface area contributed by atoms with Gasteiger partial charge < -0.3 is 15.3 Å². The minimum Gasteiger partial charge on any atom is -0.480 e. The zero-order valence-corrected chi connectivity index (χ0v) is 9.93. The van der Waals surface area contributed by atoms with Crippen molar-refractivity contribution >= 4 is 17.7 Å². The largest absolute Gasteiger partial charge is 0.480 e. The summed E-state index contributed by atoms with van der Waals surface area (Å²) in [6.45, 7) is 1.73. The highest BCUT2D eigenvalue weighted by Gasteiger charge is 2.11. The molecule has 0 unspecified atom stereocenters. The van der Waals surface area contributed by atoms with Crippen molar-refractivity contribution in [1.29, 1.82) is 0 Å². The van der Waals surface area contributed by atoms with Crippen LogP contribution in [0.5, 0.6) is 0 Å². The number of likely N-dealkylation sites (N-methyl/N-ethyl adjacent to an activating group) is 1. The Bertz CT molecular complexity index is 401. The average Bonchev–Trinajstić information content (AvgIpc) is 2.29. The summed E-state index contributed by atoms with van der Waals surface area (Å²) in [5.41, 5.74) is 1.84. The molecule has 17 heavy (non-hydrogen) atoms. The molecule has 92 valence electrons. The molecule has 1 aromatic rings. The second-order valence-corrected chi connectivity index (χ2v) is 3.73. The van der Waals surface area contributed by atoms with Crippen molar-refractivity contribution in [3.63, 3.8) is 0 Å². The first kappa shape index (κ1) is 13.0. The number of aryl methyl sites for hydroxylation is 1. The van der Waals surface area contributed by atoms with Gasteiger partial charge in [-0.3, -0.25) is 4.79 Å². The third-order valence-corrected chi connectivity index (χ3v) is 2.33. The number of benzene rings is 1. The molecule has 0 heterocycles. The van der Waals surface area contributed by atoms with Crippen LogP contribution in [0.4, 0.5) is 10.5 Å². The van der Waals surface area contributed by atoms with E-state index >= 15 is 0 Å². The Morgan fingerprint density at radius 2 is 1.88 bits per heavy atom. The molecule has 0 aromatic heterocycles. The first-order valence-corrected chi connectivity index (χ1v) is 5.35. The van der Waals surface area contributed by atoms with E-state index in [1.807, 2.05) is 19.1 Å². The molecule has 5 heteroatoms. The number of carbonyl (C=O) groups excluding carboxylic acids is 1. The van der Waals surface area contributed by atoms with Crippen molar-refractivity contribution in [1.82, 2.24) is 4.90 Å². The van der Waals surface area contributed by atoms with Gasteiger partial charge in [0.15, 0.2) is 0 Å². The minimum atomic E-state index is -1.04. The number of aliphatic carboxylic acids is 1. The average molecular weight is 236 g/mol. The molecule has 0 radical (unpaired) electrons. The number of hydrogen-bond acceptors (Lipinski definition) is 2. The first-order chi connectivity index (χ1) is 8.02. The fourth-order valence-electron chi connectivity index (χ4n) is 1.32. The Morgan fingerprint density at radius 1 is 1.29 bits per heavy atom. The number of urea groups is 1. The first-order valence-electron chi connectivity index (χ1n) is 5.35. The molecular weight excluding hydrogens is 220 g/mol. The number of anilines is 1. The summed E-state index contributed by atoms with van der Waals surface area (Å²) in [4.78, 5) is 23.1. The minimum absolute atomic E-state index is 0.321. The molecule has 0 aliphatic carbocycles. The topological polar surface area (TPSA) is 69.6 Å². The zero-order chi connectivity index (χ0) is 12.8. The molecule has 0 spiro atoms. The highest BCUT2D eigenvalue weighted by molar-refractivity contribution is 5.91. The number of nitrogens with one attached hydrogen (secondary N) is 1. The van der Waals surface area contributed by atoms with Crippen molar-refractivity contribution in [3.8, 4) is 0 Å². The molecule has 0 bridgehead atoms. The van der Waals surface area contributed by atoms with Crippen LogP contribution in [0, 0.1) is 0 Å². The SMILES string of the molecule is CCc1ccc(NC(=O)N(C)CC(=O)O)cc1. The van der Waals surface area contributed by atoms with Gasteiger partial charge in [0.2, 0.25) is 0 Å². The lowest BCUT2D eigenvalue weighted by molar-refractivity contribution is -0.137. The Hall–Kier alpha value is -2.04. The molecule has 0 fully saturated rings. The van der Waals surface area contributed by atoms with Crippen LogP contribution < -0.4 is 5.32 Å². The van der Waals surface area contributed by atoms with Crippen LogP contribution in [0.1, 0.15) is 12.5 Å². The van der Waals surface area contributed by atoms with Crippen LogP contribution in [-0.2, 0) is 11.2 Å². The smallest absolute Gasteiger partial charge is 0.323 e. The van der Waals surface area contributed by atoms with E-state index in [0.717, 1.165) is 11.3 Å². The highest BCUT2D eigenvalue weighted by Crippen LogP contribution is 2.10. The van der Waals surface area contributed by atoms with Gasteiger partial charge in [-0.1, -0.05) is 19.1 Å². The number of carboxylic acid groups (broad SMARTS) is 1. The molecule has 0 saturated carbocycles. The quantitative estimate of drug-likeness (QED) is 0.837. The summed E-state index contributed by atoms with van der Waals surface area (Å²) in [7, 11) is 1.43. The summed E-state index contributed by atoms with van der Waals surface area (Å²) in [5, 5.41) is 11.2. The summed E-state index contributed by atoms with van der Waals surface area (Å²) < 4.78 is 0. The van der Waals surface area contributed by atoms with Crippen LogP contribution in [0.25, 0.3) is 0 Å². The molecule has 0 aliphatic heterocycles. The van der Waals surface area contributed by atoms with Gasteiger partial charge in [0.05, 0.1) is 0 Å². The van der Waals surface area contributed by atoms with Crippen LogP contribution in [0.3, 0.4) is 0 Å². The highest BCUT2D eigenvalue weighted by atomic mass is 16.4. The van der Waals surface area contributed by atoms with Gasteiger partial charge in [-0.25, -0.2) is 4.79 Å². The monoisotopic (exact) mass is 236 g/mol. The van der Waals surface area contributed by atoms with Crippen molar-refractivity contribution in [2.24, 2.45) is 0 Å². The summed E-state index contributed by atoms with van der Waals surface area (Å²) in [6.07, 6.45) is 0.938. The number of carbonyl (C=O) groups is 2. The summed E-state index contributed by atoms with van der Waals surface area (Å²) >= 11 is 0. The molecular formula is C12H16N2O3. The van der Waals surface area contributed by atoms with Gasteiger partial charge in [0.25, 0.3) is 0 Å². The predicted molar refractivity (Wildman–Crippen MR) is 65.1 cm³/mol. The van der Waals surface area contributed by atoms with Gasteiger partial charge in [-0.05, 0) is 24.1 Å². The Labute approximate surface area is 100 Å². The van der Waals surface area contributed by atoms with Gasteiger partial charge >= 0.3 is 12.0 Å². The van der Waals surface area contributed by atoms with Crippen molar-refractivity contribution in [3.05, 3.63) is 29.8 Å². The number of nitrogens with zero attached hydrogens (tertiary/aromatic N) is 1. The summed E-state index contributed by atoms with van der Waals surface area (Å²) in [6, 6.07) is 7.01. The van der Waals surface area contributed by atoms with E-state index in [9.17, 15) is 9.59 Å². The second-order valence-electron chi connectivity index (χ2n) is 3.73. The van der Waals surface area contributed by atoms with Gasteiger partial charge in [-0.2, -0.15) is 0 Å². The number of hydrogen-bond donors (Lipinski definition) is 2. The van der Waals surface area contributed by atoms with E-state index in [1.165, 1.54) is 12.6 Å². The van der Waals surface area contributed by atoms with Crippen molar-refractivity contribution < 1.29 is 14.7 Å². The number of rotatable bonds is 4. The van der Waals surface area contributed by atoms with Crippen molar-refractivity contribution in [2.45, 2.75) is 13.3 Å². The third-order valence-electron chi connectivity index (χ3n) is 2.33. The van der Waals surface area contributed by atoms with Crippen LogP contribution in [0.15, 0.2) is 24.3 Å². The van der Waals surface area contributed by atoms with Crippen LogP contribution in [0.2, 0.25) is 0 Å². The second kappa shape index (κ2) is 5.89. The number of amides is 2. The maximum absolute atomic E-state index is 11.6. The van der Waals surface area contributed by atoms with Crippen LogP contribution >= 0.6 is 0 Å². The van der Waals surface area contributed by atoms with E-state index < -0.39 is 12.0 Å². The van der Waals surface area contributed by atoms with E-state index in [2.05, 4.69) is 5.32 Å². The fourth-order valence-corrected chi connectivity index (χ4v) is 1.32. The fraction of sp³-hybridized carbons (Fsp3) is 0.333. The van der Waals surface area contributed by atoms with Crippen molar-refractivity contribution in [2.75, 3.05) is 18.9 Å². The molecule has 0 aliphatic rings. The maximum Gasteiger partial charge on any atom is 0.323 e. The lowest BCUT2D eigenvalue weighted by Crippen LogP contribution is -2.35. The van der Waals surface area contributed by atoms with Gasteiger partial charge in [-0.15, -0.1) is 0 Å². The molecule has 2 amide bonds. The van der Waals surface area contributed by atoms with E-state index in [1.54, 1.807) is 12.1 Å². The standard InChI is InChI=1S/C12H16N2O3/c1-3-9-4-6-10(7-5-9)13-12(17)14(2)8-11(15)16/h4-7H,3,8H2,1-2H3,(H,13,17)(H,15,16). The lowest BCUT2D eigenvalue weighted by atomic mass is 10.1. The third kappa shape index (κ3) is 4.14. The Kier molecular flexibility index (Phi) is 4.51. The van der Waals surface area contributed by atoms with E-state index in [-0.39, 0.29) is 6.54 Å². The molecule has 1 aromatic carbocycles. The van der Waals surface area contributed by atoms with Crippen LogP contribution in [-0.4, -0.2) is 35.6 Å². The maximum atomic E-state index is 11.6. The Morgan fingerprint density at radius 3 is 2.35 bits per heavy atom. The summed E-state index contributed by atoms with van der Waals surface area (Å²) in [5.74, 6) is -1.04. The normalized spacial score (nSPS) is 9.76. The molecule has 5 nitrogen and oxygen atoms in total.